The van der Waals surface area contributed by atoms with Crippen LogP contribution in [0.25, 0.3) is 0 Å². The molecule has 1 saturated carbocycles. The average Bonchev–Trinajstić information content (AvgIpc) is 2.92. The fourth-order valence-corrected chi connectivity index (χ4v) is 6.06. The van der Waals surface area contributed by atoms with E-state index in [-0.39, 0.29) is 41.3 Å². The van der Waals surface area contributed by atoms with E-state index < -0.39 is 6.04 Å². The van der Waals surface area contributed by atoms with Gasteiger partial charge in [0.15, 0.2) is 5.78 Å². The molecule has 2 aliphatic heterocycles. The molecule has 3 fully saturated rings. The second kappa shape index (κ2) is 12.2. The molecule has 192 valence electrons. The third-order valence-corrected chi connectivity index (χ3v) is 8.21. The lowest BCUT2D eigenvalue weighted by Gasteiger charge is -2.36. The summed E-state index contributed by atoms with van der Waals surface area (Å²) in [5.41, 5.74) is 1.71. The van der Waals surface area contributed by atoms with Crippen LogP contribution in [0, 0.1) is 17.8 Å². The number of ketones is 1. The minimum atomic E-state index is -0.409. The Kier molecular flexibility index (Phi) is 8.99. The van der Waals surface area contributed by atoms with Crippen molar-refractivity contribution in [3.05, 3.63) is 35.4 Å². The zero-order valence-corrected chi connectivity index (χ0v) is 21.5. The summed E-state index contributed by atoms with van der Waals surface area (Å²) in [4.78, 5) is 41.4. The number of carbonyl (C=O) groups is 3. The van der Waals surface area contributed by atoms with Gasteiger partial charge in [-0.3, -0.25) is 14.4 Å². The minimum absolute atomic E-state index is 0.0785. The molecule has 3 aliphatic rings. The summed E-state index contributed by atoms with van der Waals surface area (Å²) in [6, 6.07) is 7.41. The summed E-state index contributed by atoms with van der Waals surface area (Å²) < 4.78 is 5.43. The van der Waals surface area contributed by atoms with Gasteiger partial charge in [0.25, 0.3) is 5.91 Å². The van der Waals surface area contributed by atoms with Crippen molar-refractivity contribution in [1.82, 2.24) is 10.2 Å². The SMILES string of the molecule is CC(C)C(=O)C(NC(=O)c1cccc(C2CCCN(C(=O)C3CCOCC3)C2)c1)C1CCCCC1. The molecular weight excluding hydrogens is 440 g/mol. The molecule has 2 atom stereocenters. The number of ether oxygens (including phenoxy) is 1. The van der Waals surface area contributed by atoms with Crippen molar-refractivity contribution in [3.63, 3.8) is 0 Å². The molecule has 4 rings (SSSR count). The third-order valence-electron chi connectivity index (χ3n) is 8.21. The van der Waals surface area contributed by atoms with Crippen molar-refractivity contribution >= 4 is 17.6 Å². The standard InChI is InChI=1S/C29H42N2O4/c1-20(2)27(32)26(21-8-4-3-5-9-21)30-28(33)24-11-6-10-23(18-24)25-12-7-15-31(19-25)29(34)22-13-16-35-17-14-22/h6,10-11,18,20-22,25-26H,3-5,7-9,12-17,19H2,1-2H3,(H,30,33). The summed E-state index contributed by atoms with van der Waals surface area (Å²) in [5, 5.41) is 3.12. The monoisotopic (exact) mass is 482 g/mol. The Morgan fingerprint density at radius 1 is 0.971 bits per heavy atom. The minimum Gasteiger partial charge on any atom is -0.381 e. The molecule has 2 amide bonds. The molecule has 0 radical (unpaired) electrons. The predicted molar refractivity (Wildman–Crippen MR) is 136 cm³/mol. The van der Waals surface area contributed by atoms with Gasteiger partial charge < -0.3 is 15.0 Å². The Morgan fingerprint density at radius 3 is 2.43 bits per heavy atom. The molecule has 2 heterocycles. The highest BCUT2D eigenvalue weighted by Gasteiger charge is 2.33. The Labute approximate surface area is 210 Å². The summed E-state index contributed by atoms with van der Waals surface area (Å²) in [6.45, 7) is 6.70. The Morgan fingerprint density at radius 2 is 1.71 bits per heavy atom. The molecule has 6 heteroatoms. The maximum absolute atomic E-state index is 13.3. The molecule has 1 aromatic carbocycles. The average molecular weight is 483 g/mol. The van der Waals surface area contributed by atoms with E-state index in [4.69, 9.17) is 4.74 Å². The highest BCUT2D eigenvalue weighted by Crippen LogP contribution is 2.31. The number of hydrogen-bond acceptors (Lipinski definition) is 4. The van der Waals surface area contributed by atoms with Gasteiger partial charge in [0, 0.05) is 49.6 Å². The second-order valence-electron chi connectivity index (χ2n) is 11.0. The van der Waals surface area contributed by atoms with E-state index in [1.54, 1.807) is 0 Å². The van der Waals surface area contributed by atoms with Crippen LogP contribution in [0.15, 0.2) is 24.3 Å². The van der Waals surface area contributed by atoms with E-state index in [0.29, 0.717) is 25.3 Å². The lowest BCUT2D eigenvalue weighted by atomic mass is 9.80. The highest BCUT2D eigenvalue weighted by atomic mass is 16.5. The van der Waals surface area contributed by atoms with Gasteiger partial charge in [-0.1, -0.05) is 45.2 Å². The van der Waals surface area contributed by atoms with Crippen molar-refractivity contribution in [2.24, 2.45) is 17.8 Å². The van der Waals surface area contributed by atoms with Crippen molar-refractivity contribution in [2.75, 3.05) is 26.3 Å². The number of amides is 2. The van der Waals surface area contributed by atoms with Crippen LogP contribution in [0.5, 0.6) is 0 Å². The van der Waals surface area contributed by atoms with Gasteiger partial charge in [-0.15, -0.1) is 0 Å². The highest BCUT2D eigenvalue weighted by molar-refractivity contribution is 5.98. The first kappa shape index (κ1) is 25.9. The number of Topliss-reactive ketones (excluding diaryl/α,β-unsaturated/α-hetero) is 1. The largest absolute Gasteiger partial charge is 0.381 e. The first-order valence-electron chi connectivity index (χ1n) is 13.7. The van der Waals surface area contributed by atoms with Crippen LogP contribution >= 0.6 is 0 Å². The van der Waals surface area contributed by atoms with E-state index >= 15 is 0 Å². The van der Waals surface area contributed by atoms with E-state index in [1.807, 2.05) is 36.9 Å². The van der Waals surface area contributed by atoms with E-state index in [1.165, 1.54) is 6.42 Å². The van der Waals surface area contributed by atoms with Crippen LogP contribution in [-0.4, -0.2) is 54.8 Å². The van der Waals surface area contributed by atoms with E-state index in [0.717, 1.165) is 63.5 Å². The van der Waals surface area contributed by atoms with Crippen molar-refractivity contribution in [3.8, 4) is 0 Å². The van der Waals surface area contributed by atoms with Crippen LogP contribution in [0.3, 0.4) is 0 Å². The third kappa shape index (κ3) is 6.52. The van der Waals surface area contributed by atoms with Gasteiger partial charge in [0.1, 0.15) is 0 Å². The molecule has 0 spiro atoms. The number of hydrogen-bond donors (Lipinski definition) is 1. The van der Waals surface area contributed by atoms with Gasteiger partial charge >= 0.3 is 0 Å². The number of piperidine rings is 1. The summed E-state index contributed by atoms with van der Waals surface area (Å²) >= 11 is 0. The van der Waals surface area contributed by atoms with Gasteiger partial charge in [-0.2, -0.15) is 0 Å². The Hall–Kier alpha value is -2.21. The topological polar surface area (TPSA) is 75.7 Å². The molecule has 1 N–H and O–H groups in total. The first-order valence-corrected chi connectivity index (χ1v) is 13.7. The maximum atomic E-state index is 13.3. The van der Waals surface area contributed by atoms with Gasteiger partial charge in [0.2, 0.25) is 5.91 Å². The van der Waals surface area contributed by atoms with Crippen LogP contribution in [0.2, 0.25) is 0 Å². The van der Waals surface area contributed by atoms with E-state index in [2.05, 4.69) is 11.4 Å². The van der Waals surface area contributed by atoms with Crippen LogP contribution in [-0.2, 0) is 14.3 Å². The fraction of sp³-hybridized carbons (Fsp3) is 0.690. The molecule has 6 nitrogen and oxygen atoms in total. The Balaban J connectivity index is 1.43. The van der Waals surface area contributed by atoms with Crippen molar-refractivity contribution in [2.45, 2.75) is 83.6 Å². The number of nitrogens with zero attached hydrogens (tertiary/aromatic N) is 1. The molecule has 35 heavy (non-hydrogen) atoms. The molecule has 0 aromatic heterocycles. The smallest absolute Gasteiger partial charge is 0.251 e. The second-order valence-corrected chi connectivity index (χ2v) is 11.0. The predicted octanol–water partition coefficient (Wildman–Crippen LogP) is 4.72. The van der Waals surface area contributed by atoms with Crippen molar-refractivity contribution < 1.29 is 19.1 Å². The number of rotatable bonds is 7. The number of carbonyl (C=O) groups excluding carboxylic acids is 3. The lowest BCUT2D eigenvalue weighted by molar-refractivity contribution is -0.139. The molecular formula is C29H42N2O4. The zero-order valence-electron chi connectivity index (χ0n) is 21.5. The Bertz CT molecular complexity index is 886. The van der Waals surface area contributed by atoms with Gasteiger partial charge in [-0.25, -0.2) is 0 Å². The summed E-state index contributed by atoms with van der Waals surface area (Å²) in [6.07, 6.45) is 9.09. The van der Waals surface area contributed by atoms with Crippen LogP contribution in [0.4, 0.5) is 0 Å². The number of likely N-dealkylation sites (tertiary alicyclic amines) is 1. The lowest BCUT2D eigenvalue weighted by Crippen LogP contribution is -2.48. The first-order chi connectivity index (χ1) is 16.9. The number of nitrogens with one attached hydrogen (secondary N) is 1. The summed E-state index contributed by atoms with van der Waals surface area (Å²) in [5.74, 6) is 0.665. The molecule has 2 saturated heterocycles. The van der Waals surface area contributed by atoms with Gasteiger partial charge in [0.05, 0.1) is 6.04 Å². The molecule has 1 aromatic rings. The maximum Gasteiger partial charge on any atom is 0.251 e. The van der Waals surface area contributed by atoms with Crippen molar-refractivity contribution in [1.29, 1.82) is 0 Å². The van der Waals surface area contributed by atoms with Gasteiger partial charge in [-0.05, 0) is 62.1 Å². The normalized spacial score (nSPS) is 23.2. The zero-order chi connectivity index (χ0) is 24.8. The number of benzene rings is 1. The van der Waals surface area contributed by atoms with Crippen LogP contribution in [0.1, 0.15) is 93.5 Å². The fourth-order valence-electron chi connectivity index (χ4n) is 6.06. The summed E-state index contributed by atoms with van der Waals surface area (Å²) in [7, 11) is 0. The molecule has 0 bridgehead atoms. The van der Waals surface area contributed by atoms with Crippen LogP contribution < -0.4 is 5.32 Å². The molecule has 1 aliphatic carbocycles. The quantitative estimate of drug-likeness (QED) is 0.610. The molecule has 2 unspecified atom stereocenters. The van der Waals surface area contributed by atoms with E-state index in [9.17, 15) is 14.4 Å².